The zero-order valence-corrected chi connectivity index (χ0v) is 10.6. The van der Waals surface area contributed by atoms with Gasteiger partial charge in [0.1, 0.15) is 0 Å². The third-order valence-corrected chi connectivity index (χ3v) is 3.43. The Bertz CT molecular complexity index is 348. The molecule has 0 saturated carbocycles. The van der Waals surface area contributed by atoms with Crippen LogP contribution in [0.15, 0.2) is 24.3 Å². The van der Waals surface area contributed by atoms with Crippen molar-refractivity contribution in [1.82, 2.24) is 0 Å². The van der Waals surface area contributed by atoms with Gasteiger partial charge in [-0.25, -0.2) is 0 Å². The lowest BCUT2D eigenvalue weighted by Gasteiger charge is -2.19. The topological polar surface area (TPSA) is 32.7 Å². The van der Waals surface area contributed by atoms with Gasteiger partial charge in [-0.2, -0.15) is 0 Å². The highest BCUT2D eigenvalue weighted by atomic mass is 16.5. The monoisotopic (exact) mass is 235 g/mol. The van der Waals surface area contributed by atoms with E-state index in [1.54, 1.807) is 14.0 Å². The number of anilines is 1. The Morgan fingerprint density at radius 2 is 2.12 bits per heavy atom. The predicted molar refractivity (Wildman–Crippen MR) is 69.3 cm³/mol. The molecule has 17 heavy (non-hydrogen) atoms. The molecule has 0 aliphatic carbocycles. The zero-order valence-electron chi connectivity index (χ0n) is 10.6. The largest absolute Gasteiger partial charge is 0.389 e. The van der Waals surface area contributed by atoms with E-state index in [-0.39, 0.29) is 6.10 Å². The molecule has 0 spiro atoms. The van der Waals surface area contributed by atoms with Gasteiger partial charge in [0.05, 0.1) is 12.7 Å². The fourth-order valence-corrected chi connectivity index (χ4v) is 2.40. The Hall–Kier alpha value is -1.06. The molecule has 1 saturated heterocycles. The van der Waals surface area contributed by atoms with Crippen LogP contribution in [-0.4, -0.2) is 31.9 Å². The van der Waals surface area contributed by atoms with Crippen LogP contribution < -0.4 is 4.90 Å². The third-order valence-electron chi connectivity index (χ3n) is 3.43. The van der Waals surface area contributed by atoms with Crippen molar-refractivity contribution in [3.05, 3.63) is 29.8 Å². The smallest absolute Gasteiger partial charge is 0.0761 e. The summed E-state index contributed by atoms with van der Waals surface area (Å²) in [6.07, 6.45) is 0.815. The number of benzene rings is 1. The quantitative estimate of drug-likeness (QED) is 0.868. The van der Waals surface area contributed by atoms with Crippen molar-refractivity contribution in [2.75, 3.05) is 31.7 Å². The summed E-state index contributed by atoms with van der Waals surface area (Å²) in [6, 6.07) is 8.20. The number of aliphatic hydroxyl groups is 1. The molecule has 1 heterocycles. The molecule has 0 bridgehead atoms. The van der Waals surface area contributed by atoms with Gasteiger partial charge >= 0.3 is 0 Å². The molecular weight excluding hydrogens is 214 g/mol. The summed E-state index contributed by atoms with van der Waals surface area (Å²) in [7, 11) is 1.76. The lowest BCUT2D eigenvalue weighted by molar-refractivity contribution is 0.161. The molecule has 0 amide bonds. The summed E-state index contributed by atoms with van der Waals surface area (Å²) in [4.78, 5) is 2.38. The van der Waals surface area contributed by atoms with Crippen molar-refractivity contribution in [2.45, 2.75) is 19.4 Å². The van der Waals surface area contributed by atoms with E-state index in [4.69, 9.17) is 4.74 Å². The van der Waals surface area contributed by atoms with Crippen LogP contribution in [0.2, 0.25) is 0 Å². The van der Waals surface area contributed by atoms with Crippen LogP contribution in [0.5, 0.6) is 0 Å². The molecule has 1 aromatic rings. The first-order valence-electron chi connectivity index (χ1n) is 6.22. The summed E-state index contributed by atoms with van der Waals surface area (Å²) in [5, 5.41) is 9.46. The standard InChI is InChI=1S/C14H21NO2/c1-11(16)13-3-5-14(6-4-13)15-8-7-12(9-15)10-17-2/h3-6,11-12,16H,7-10H2,1-2H3/t11-,12?/m1/s1. The van der Waals surface area contributed by atoms with Crippen molar-refractivity contribution in [2.24, 2.45) is 5.92 Å². The minimum absolute atomic E-state index is 0.385. The molecule has 1 aromatic carbocycles. The van der Waals surface area contributed by atoms with E-state index in [1.165, 1.54) is 12.1 Å². The van der Waals surface area contributed by atoms with Crippen LogP contribution >= 0.6 is 0 Å². The Morgan fingerprint density at radius 3 is 2.71 bits per heavy atom. The van der Waals surface area contributed by atoms with Crippen molar-refractivity contribution in [1.29, 1.82) is 0 Å². The number of rotatable bonds is 4. The van der Waals surface area contributed by atoms with Crippen molar-refractivity contribution in [3.8, 4) is 0 Å². The minimum Gasteiger partial charge on any atom is -0.389 e. The summed E-state index contributed by atoms with van der Waals surface area (Å²) in [5.74, 6) is 0.649. The van der Waals surface area contributed by atoms with Gasteiger partial charge in [-0.05, 0) is 31.0 Å². The van der Waals surface area contributed by atoms with Gasteiger partial charge < -0.3 is 14.7 Å². The van der Waals surface area contributed by atoms with Crippen LogP contribution in [0.1, 0.15) is 25.0 Å². The number of aliphatic hydroxyl groups excluding tert-OH is 1. The summed E-state index contributed by atoms with van der Waals surface area (Å²) in [5.41, 5.74) is 2.22. The van der Waals surface area contributed by atoms with E-state index in [0.29, 0.717) is 5.92 Å². The van der Waals surface area contributed by atoms with E-state index >= 15 is 0 Å². The number of hydrogen-bond donors (Lipinski definition) is 1. The Kier molecular flexibility index (Phi) is 4.02. The fraction of sp³-hybridized carbons (Fsp3) is 0.571. The number of methoxy groups -OCH3 is 1. The van der Waals surface area contributed by atoms with Gasteiger partial charge in [0.15, 0.2) is 0 Å². The average molecular weight is 235 g/mol. The Labute approximate surface area is 103 Å². The average Bonchev–Trinajstić information content (AvgIpc) is 2.78. The van der Waals surface area contributed by atoms with Gasteiger partial charge in [0.2, 0.25) is 0 Å². The molecular formula is C14H21NO2. The molecule has 94 valence electrons. The van der Waals surface area contributed by atoms with E-state index in [1.807, 2.05) is 12.1 Å². The SMILES string of the molecule is COCC1CCN(c2ccc([C@@H](C)O)cc2)C1. The first-order chi connectivity index (χ1) is 8.20. The summed E-state index contributed by atoms with van der Waals surface area (Å²) >= 11 is 0. The molecule has 2 atom stereocenters. The maximum Gasteiger partial charge on any atom is 0.0761 e. The van der Waals surface area contributed by atoms with Crippen LogP contribution in [0.4, 0.5) is 5.69 Å². The Balaban J connectivity index is 1.99. The van der Waals surface area contributed by atoms with E-state index in [9.17, 15) is 5.11 Å². The second-order valence-corrected chi connectivity index (χ2v) is 4.82. The maximum atomic E-state index is 9.46. The van der Waals surface area contributed by atoms with E-state index in [0.717, 1.165) is 25.3 Å². The lowest BCUT2D eigenvalue weighted by Crippen LogP contribution is -2.20. The second kappa shape index (κ2) is 5.52. The van der Waals surface area contributed by atoms with Gasteiger partial charge in [-0.15, -0.1) is 0 Å². The highest BCUT2D eigenvalue weighted by Crippen LogP contribution is 2.25. The van der Waals surface area contributed by atoms with E-state index < -0.39 is 0 Å². The van der Waals surface area contributed by atoms with Crippen molar-refractivity contribution in [3.63, 3.8) is 0 Å². The van der Waals surface area contributed by atoms with Crippen molar-refractivity contribution >= 4 is 5.69 Å². The fourth-order valence-electron chi connectivity index (χ4n) is 2.40. The second-order valence-electron chi connectivity index (χ2n) is 4.82. The predicted octanol–water partition coefficient (Wildman–Crippen LogP) is 2.21. The number of nitrogens with zero attached hydrogens (tertiary/aromatic N) is 1. The minimum atomic E-state index is -0.385. The van der Waals surface area contributed by atoms with Gasteiger partial charge in [0, 0.05) is 31.8 Å². The number of ether oxygens (including phenoxy) is 1. The zero-order chi connectivity index (χ0) is 12.3. The molecule has 3 nitrogen and oxygen atoms in total. The molecule has 1 aliphatic rings. The van der Waals surface area contributed by atoms with Gasteiger partial charge in [-0.3, -0.25) is 0 Å². The van der Waals surface area contributed by atoms with Crippen LogP contribution in [0.3, 0.4) is 0 Å². The van der Waals surface area contributed by atoms with Crippen LogP contribution in [-0.2, 0) is 4.74 Å². The molecule has 0 radical (unpaired) electrons. The maximum absolute atomic E-state index is 9.46. The normalized spacial score (nSPS) is 21.8. The molecule has 1 unspecified atom stereocenters. The summed E-state index contributed by atoms with van der Waals surface area (Å²) < 4.78 is 5.20. The molecule has 1 N–H and O–H groups in total. The van der Waals surface area contributed by atoms with Crippen molar-refractivity contribution < 1.29 is 9.84 Å². The van der Waals surface area contributed by atoms with Gasteiger partial charge in [-0.1, -0.05) is 12.1 Å². The van der Waals surface area contributed by atoms with Gasteiger partial charge in [0.25, 0.3) is 0 Å². The van der Waals surface area contributed by atoms with Crippen LogP contribution in [0.25, 0.3) is 0 Å². The molecule has 2 rings (SSSR count). The first kappa shape index (κ1) is 12.4. The lowest BCUT2D eigenvalue weighted by atomic mass is 10.1. The number of hydrogen-bond acceptors (Lipinski definition) is 3. The van der Waals surface area contributed by atoms with E-state index in [2.05, 4.69) is 17.0 Å². The van der Waals surface area contributed by atoms with Crippen LogP contribution in [0, 0.1) is 5.92 Å². The summed E-state index contributed by atoms with van der Waals surface area (Å²) in [6.45, 7) is 4.81. The first-order valence-corrected chi connectivity index (χ1v) is 6.22. The Morgan fingerprint density at radius 1 is 1.41 bits per heavy atom. The molecule has 1 fully saturated rings. The molecule has 0 aromatic heterocycles. The molecule has 3 heteroatoms. The highest BCUT2D eigenvalue weighted by molar-refractivity contribution is 5.48. The molecule has 1 aliphatic heterocycles. The third kappa shape index (κ3) is 2.99. The highest BCUT2D eigenvalue weighted by Gasteiger charge is 2.22.